The summed E-state index contributed by atoms with van der Waals surface area (Å²) in [6.07, 6.45) is 3.47. The fourth-order valence-electron chi connectivity index (χ4n) is 3.43. The zero-order valence-electron chi connectivity index (χ0n) is 15.4. The van der Waals surface area contributed by atoms with E-state index in [4.69, 9.17) is 0 Å². The number of hydrogen-bond donors (Lipinski definition) is 0. The predicted octanol–water partition coefficient (Wildman–Crippen LogP) is 4.50. The molecule has 0 N–H and O–H groups in total. The van der Waals surface area contributed by atoms with E-state index < -0.39 is 5.82 Å². The minimum Gasteiger partial charge on any atom is -0.383 e. The third-order valence-electron chi connectivity index (χ3n) is 4.66. The Morgan fingerprint density at radius 2 is 1.64 bits per heavy atom. The second kappa shape index (κ2) is 6.75. The van der Waals surface area contributed by atoms with Crippen molar-refractivity contribution in [3.05, 3.63) is 82.9 Å². The van der Waals surface area contributed by atoms with Crippen LogP contribution in [0.15, 0.2) is 54.7 Å². The van der Waals surface area contributed by atoms with E-state index >= 15 is 0 Å². The van der Waals surface area contributed by atoms with Crippen LogP contribution in [0.3, 0.4) is 0 Å². The molecule has 0 saturated heterocycles. The number of aromatic nitrogens is 1. The minimum atomic E-state index is -0.487. The quantitative estimate of drug-likeness (QED) is 0.533. The molecular formula is C23H16FN3O. The number of hydrogen-bond acceptors (Lipinski definition) is 4. The number of nitriles is 1. The van der Waals surface area contributed by atoms with Crippen molar-refractivity contribution in [3.8, 4) is 28.5 Å². The third-order valence-corrected chi connectivity index (χ3v) is 4.66. The molecule has 0 unspecified atom stereocenters. The Hall–Kier alpha value is -3.78. The summed E-state index contributed by atoms with van der Waals surface area (Å²) < 4.78 is 14.7. The van der Waals surface area contributed by atoms with Gasteiger partial charge in [0.1, 0.15) is 11.9 Å². The maximum absolute atomic E-state index is 14.7. The average Bonchev–Trinajstić information content (AvgIpc) is 2.98. The van der Waals surface area contributed by atoms with E-state index in [1.165, 1.54) is 6.07 Å². The van der Waals surface area contributed by atoms with Crippen LogP contribution in [0.2, 0.25) is 0 Å². The maximum atomic E-state index is 14.7. The van der Waals surface area contributed by atoms with E-state index in [2.05, 4.69) is 11.1 Å². The van der Waals surface area contributed by atoms with E-state index in [1.807, 2.05) is 31.1 Å². The van der Waals surface area contributed by atoms with Crippen LogP contribution in [0.5, 0.6) is 0 Å². The SMILES string of the molecule is CN(C)/C=C/c1nc2c(c(-c3ccccc3F)c1C#N)C(=O)c1ccccc1-2. The first-order valence-electron chi connectivity index (χ1n) is 8.74. The molecule has 4 rings (SSSR count). The number of carbonyl (C=O) groups is 1. The van der Waals surface area contributed by atoms with Gasteiger partial charge in [0.2, 0.25) is 0 Å². The summed E-state index contributed by atoms with van der Waals surface area (Å²) >= 11 is 0. The van der Waals surface area contributed by atoms with Crippen LogP contribution >= 0.6 is 0 Å². The van der Waals surface area contributed by atoms with Gasteiger partial charge >= 0.3 is 0 Å². The molecule has 1 heterocycles. The molecule has 0 atom stereocenters. The highest BCUT2D eigenvalue weighted by atomic mass is 19.1. The highest BCUT2D eigenvalue weighted by Gasteiger charge is 2.34. The van der Waals surface area contributed by atoms with Crippen molar-refractivity contribution in [3.63, 3.8) is 0 Å². The molecule has 0 radical (unpaired) electrons. The molecule has 0 saturated carbocycles. The van der Waals surface area contributed by atoms with Crippen molar-refractivity contribution < 1.29 is 9.18 Å². The molecule has 0 bridgehead atoms. The van der Waals surface area contributed by atoms with Crippen molar-refractivity contribution in [2.45, 2.75) is 0 Å². The fraction of sp³-hybridized carbons (Fsp3) is 0.0870. The van der Waals surface area contributed by atoms with Gasteiger partial charge in [-0.15, -0.1) is 0 Å². The molecule has 0 spiro atoms. The first kappa shape index (κ1) is 17.6. The van der Waals surface area contributed by atoms with Crippen LogP contribution in [0, 0.1) is 17.1 Å². The molecule has 0 aliphatic heterocycles. The van der Waals surface area contributed by atoms with Gasteiger partial charge < -0.3 is 4.90 Å². The van der Waals surface area contributed by atoms with E-state index in [9.17, 15) is 14.4 Å². The number of ketones is 1. The Morgan fingerprint density at radius 1 is 1.00 bits per heavy atom. The van der Waals surface area contributed by atoms with Crippen LogP contribution in [0.25, 0.3) is 28.5 Å². The molecule has 0 amide bonds. The molecule has 3 aromatic rings. The Bertz CT molecular complexity index is 1190. The number of benzene rings is 2. The highest BCUT2D eigenvalue weighted by Crippen LogP contribution is 2.43. The molecule has 1 aliphatic carbocycles. The smallest absolute Gasteiger partial charge is 0.196 e. The molecule has 2 aromatic carbocycles. The number of nitrogens with zero attached hydrogens (tertiary/aromatic N) is 3. The van der Waals surface area contributed by atoms with Crippen molar-refractivity contribution in [1.82, 2.24) is 9.88 Å². The van der Waals surface area contributed by atoms with Gasteiger partial charge in [-0.05, 0) is 12.1 Å². The molecule has 28 heavy (non-hydrogen) atoms. The second-order valence-electron chi connectivity index (χ2n) is 6.72. The molecule has 1 aromatic heterocycles. The van der Waals surface area contributed by atoms with Gasteiger partial charge in [0.05, 0.1) is 22.5 Å². The minimum absolute atomic E-state index is 0.183. The van der Waals surface area contributed by atoms with Gasteiger partial charge in [0, 0.05) is 42.5 Å². The van der Waals surface area contributed by atoms with Gasteiger partial charge in [-0.1, -0.05) is 42.5 Å². The van der Waals surface area contributed by atoms with Gasteiger partial charge in [-0.3, -0.25) is 4.79 Å². The maximum Gasteiger partial charge on any atom is 0.196 e. The van der Waals surface area contributed by atoms with Crippen LogP contribution in [0.1, 0.15) is 27.2 Å². The summed E-state index contributed by atoms with van der Waals surface area (Å²) in [5, 5.41) is 9.88. The van der Waals surface area contributed by atoms with Crippen LogP contribution in [0.4, 0.5) is 4.39 Å². The summed E-state index contributed by atoms with van der Waals surface area (Å²) in [6, 6.07) is 15.5. The zero-order valence-corrected chi connectivity index (χ0v) is 15.4. The van der Waals surface area contributed by atoms with Gasteiger partial charge in [0.25, 0.3) is 0 Å². The normalized spacial score (nSPS) is 12.0. The highest BCUT2D eigenvalue weighted by molar-refractivity contribution is 6.24. The molecule has 4 nitrogen and oxygen atoms in total. The fourth-order valence-corrected chi connectivity index (χ4v) is 3.43. The second-order valence-corrected chi connectivity index (χ2v) is 6.72. The first-order chi connectivity index (χ1) is 13.5. The molecular weight excluding hydrogens is 353 g/mol. The van der Waals surface area contributed by atoms with Crippen molar-refractivity contribution in [2.75, 3.05) is 14.1 Å². The number of halogens is 1. The summed E-state index contributed by atoms with van der Waals surface area (Å²) in [7, 11) is 3.71. The zero-order chi connectivity index (χ0) is 19.8. The van der Waals surface area contributed by atoms with Crippen LogP contribution < -0.4 is 0 Å². The average molecular weight is 369 g/mol. The topological polar surface area (TPSA) is 57.0 Å². The summed E-state index contributed by atoms with van der Waals surface area (Å²) in [5.74, 6) is -0.727. The lowest BCUT2D eigenvalue weighted by atomic mass is 9.92. The van der Waals surface area contributed by atoms with Crippen molar-refractivity contribution in [2.24, 2.45) is 0 Å². The lowest BCUT2D eigenvalue weighted by molar-refractivity contribution is 0.104. The van der Waals surface area contributed by atoms with E-state index in [1.54, 1.807) is 42.6 Å². The number of rotatable bonds is 3. The Labute approximate surface area is 162 Å². The Balaban J connectivity index is 2.13. The van der Waals surface area contributed by atoms with E-state index in [0.29, 0.717) is 28.1 Å². The monoisotopic (exact) mass is 369 g/mol. The molecule has 136 valence electrons. The van der Waals surface area contributed by atoms with Gasteiger partial charge in [-0.2, -0.15) is 5.26 Å². The lowest BCUT2D eigenvalue weighted by Gasteiger charge is -2.14. The predicted molar refractivity (Wildman–Crippen MR) is 106 cm³/mol. The number of carbonyl (C=O) groups excluding carboxylic acids is 1. The van der Waals surface area contributed by atoms with E-state index in [-0.39, 0.29) is 22.5 Å². The molecule has 1 aliphatic rings. The van der Waals surface area contributed by atoms with Crippen LogP contribution in [-0.2, 0) is 0 Å². The van der Waals surface area contributed by atoms with Crippen molar-refractivity contribution in [1.29, 1.82) is 5.26 Å². The number of fused-ring (bicyclic) bond motifs is 3. The van der Waals surface area contributed by atoms with Gasteiger partial charge in [0.15, 0.2) is 5.78 Å². The Morgan fingerprint density at radius 3 is 2.29 bits per heavy atom. The van der Waals surface area contributed by atoms with E-state index in [0.717, 1.165) is 0 Å². The molecule has 0 fully saturated rings. The summed E-state index contributed by atoms with van der Waals surface area (Å²) in [4.78, 5) is 19.6. The van der Waals surface area contributed by atoms with Crippen molar-refractivity contribution >= 4 is 11.9 Å². The van der Waals surface area contributed by atoms with Crippen LogP contribution in [-0.4, -0.2) is 29.8 Å². The summed E-state index contributed by atoms with van der Waals surface area (Å²) in [5.41, 5.74) is 3.08. The number of pyridine rings is 1. The Kier molecular flexibility index (Phi) is 4.25. The lowest BCUT2D eigenvalue weighted by Crippen LogP contribution is -2.06. The molecule has 5 heteroatoms. The first-order valence-corrected chi connectivity index (χ1v) is 8.74. The largest absolute Gasteiger partial charge is 0.383 e. The summed E-state index contributed by atoms with van der Waals surface area (Å²) in [6.45, 7) is 0. The standard InChI is InChI=1S/C23H16FN3O/c1-27(2)12-11-19-17(13-25)20(16-9-5-6-10-18(16)24)21-22(26-19)14-7-3-4-8-15(14)23(21)28/h3-12H,1-2H3/b12-11+. The third kappa shape index (κ3) is 2.67. The van der Waals surface area contributed by atoms with Gasteiger partial charge in [-0.25, -0.2) is 9.37 Å².